The number of thiophene rings is 1. The smallest absolute Gasteiger partial charge is 0.264 e. The molecule has 2 saturated heterocycles. The lowest BCUT2D eigenvalue weighted by molar-refractivity contribution is 0.0685. The molecule has 134 valence electrons. The van der Waals surface area contributed by atoms with Crippen LogP contribution in [0.1, 0.15) is 28.9 Å². The summed E-state index contributed by atoms with van der Waals surface area (Å²) in [5.74, 6) is 0.189. The maximum Gasteiger partial charge on any atom is 0.264 e. The molecular formula is C19H20N4OS2. The number of hydrogen-bond donors (Lipinski definition) is 2. The number of benzene rings is 1. The number of hydrogen-bond acceptors (Lipinski definition) is 6. The molecule has 2 bridgehead atoms. The molecule has 0 aliphatic carbocycles. The Morgan fingerprint density at radius 1 is 1.15 bits per heavy atom. The highest BCUT2D eigenvalue weighted by atomic mass is 32.1. The van der Waals surface area contributed by atoms with E-state index in [0.29, 0.717) is 12.1 Å². The third-order valence-corrected chi connectivity index (χ3v) is 7.28. The summed E-state index contributed by atoms with van der Waals surface area (Å²) in [6.45, 7) is 1.94. The van der Waals surface area contributed by atoms with Gasteiger partial charge < -0.3 is 15.5 Å². The van der Waals surface area contributed by atoms with Crippen LogP contribution >= 0.6 is 22.7 Å². The minimum atomic E-state index is 0.189. The van der Waals surface area contributed by atoms with Gasteiger partial charge in [-0.1, -0.05) is 29.5 Å². The van der Waals surface area contributed by atoms with Crippen LogP contribution in [0.25, 0.3) is 9.53 Å². The number of nitrogens with zero attached hydrogens (tertiary/aromatic N) is 2. The first kappa shape index (κ1) is 16.2. The van der Waals surface area contributed by atoms with Crippen LogP contribution in [0.5, 0.6) is 0 Å². The first-order chi connectivity index (χ1) is 12.8. The molecule has 5 rings (SSSR count). The van der Waals surface area contributed by atoms with Crippen molar-refractivity contribution >= 4 is 48.9 Å². The Kier molecular flexibility index (Phi) is 4.15. The van der Waals surface area contributed by atoms with E-state index in [1.54, 1.807) is 11.3 Å². The summed E-state index contributed by atoms with van der Waals surface area (Å²) >= 11 is 3.12. The Balaban J connectivity index is 1.38. The molecule has 5 nitrogen and oxygen atoms in total. The van der Waals surface area contributed by atoms with Crippen molar-refractivity contribution in [3.05, 3.63) is 41.3 Å². The molecule has 2 atom stereocenters. The van der Waals surface area contributed by atoms with Crippen LogP contribution in [-0.4, -0.2) is 41.0 Å². The monoisotopic (exact) mass is 384 g/mol. The Bertz CT molecular complexity index is 890. The van der Waals surface area contributed by atoms with Gasteiger partial charge in [0.15, 0.2) is 5.13 Å². The number of carbonyl (C=O) groups is 1. The number of nitrogens with one attached hydrogen (secondary N) is 2. The van der Waals surface area contributed by atoms with Gasteiger partial charge in [-0.05, 0) is 44.0 Å². The summed E-state index contributed by atoms with van der Waals surface area (Å²) in [5, 5.41) is 7.66. The molecular weight excluding hydrogens is 364 g/mol. The number of para-hydroxylation sites is 1. The molecule has 2 aromatic heterocycles. The first-order valence-corrected chi connectivity index (χ1v) is 10.7. The van der Waals surface area contributed by atoms with E-state index < -0.39 is 0 Å². The predicted molar refractivity (Wildman–Crippen MR) is 108 cm³/mol. The summed E-state index contributed by atoms with van der Waals surface area (Å²) < 4.78 is 1.08. The van der Waals surface area contributed by atoms with Gasteiger partial charge in [0.1, 0.15) is 4.83 Å². The summed E-state index contributed by atoms with van der Waals surface area (Å²) in [4.78, 5) is 21.7. The second kappa shape index (κ2) is 6.64. The molecule has 0 saturated carbocycles. The minimum Gasteiger partial charge on any atom is -0.332 e. The van der Waals surface area contributed by atoms with Gasteiger partial charge in [0, 0.05) is 24.3 Å². The van der Waals surface area contributed by atoms with Crippen molar-refractivity contribution in [1.82, 2.24) is 15.2 Å². The Hall–Kier alpha value is -1.96. The summed E-state index contributed by atoms with van der Waals surface area (Å²) in [5.41, 5.74) is 1.03. The van der Waals surface area contributed by atoms with Crippen molar-refractivity contribution in [2.24, 2.45) is 0 Å². The van der Waals surface area contributed by atoms with Crippen molar-refractivity contribution in [3.63, 3.8) is 0 Å². The largest absolute Gasteiger partial charge is 0.332 e. The number of amides is 1. The van der Waals surface area contributed by atoms with Crippen LogP contribution in [0.2, 0.25) is 0 Å². The van der Waals surface area contributed by atoms with Crippen molar-refractivity contribution in [3.8, 4) is 0 Å². The average Bonchev–Trinajstić information content (AvgIpc) is 3.25. The molecule has 2 fully saturated rings. The van der Waals surface area contributed by atoms with Crippen LogP contribution in [0, 0.1) is 0 Å². The third-order valence-electron chi connectivity index (χ3n) is 5.21. The fourth-order valence-electron chi connectivity index (χ4n) is 3.98. The lowest BCUT2D eigenvalue weighted by Gasteiger charge is -2.27. The van der Waals surface area contributed by atoms with Crippen molar-refractivity contribution in [1.29, 1.82) is 0 Å². The molecule has 2 N–H and O–H groups in total. The highest BCUT2D eigenvalue weighted by molar-refractivity contribution is 7.29. The molecule has 2 unspecified atom stereocenters. The highest BCUT2D eigenvalue weighted by Gasteiger charge is 2.38. The van der Waals surface area contributed by atoms with E-state index in [-0.39, 0.29) is 5.91 Å². The van der Waals surface area contributed by atoms with Gasteiger partial charge >= 0.3 is 0 Å². The SMILES string of the molecule is O=C(c1cc2sc(Nc3ccccc3)nc2s1)N1C2CCNCC1CC2. The number of aromatic nitrogens is 1. The van der Waals surface area contributed by atoms with Crippen molar-refractivity contribution in [2.75, 3.05) is 18.4 Å². The maximum absolute atomic E-state index is 13.1. The molecule has 1 amide bonds. The van der Waals surface area contributed by atoms with Crippen molar-refractivity contribution < 1.29 is 4.79 Å². The zero-order chi connectivity index (χ0) is 17.5. The Labute approximate surface area is 160 Å². The van der Waals surface area contributed by atoms with E-state index in [4.69, 9.17) is 0 Å². The molecule has 0 radical (unpaired) electrons. The van der Waals surface area contributed by atoms with Crippen LogP contribution in [0.15, 0.2) is 36.4 Å². The van der Waals surface area contributed by atoms with Gasteiger partial charge in [-0.3, -0.25) is 4.79 Å². The number of fused-ring (bicyclic) bond motifs is 3. The van der Waals surface area contributed by atoms with Gasteiger partial charge in [0.05, 0.1) is 9.58 Å². The van der Waals surface area contributed by atoms with Gasteiger partial charge in [-0.25, -0.2) is 4.98 Å². The lowest BCUT2D eigenvalue weighted by atomic mass is 10.1. The summed E-state index contributed by atoms with van der Waals surface area (Å²) in [6.07, 6.45) is 3.32. The van der Waals surface area contributed by atoms with E-state index in [9.17, 15) is 4.79 Å². The molecule has 26 heavy (non-hydrogen) atoms. The number of rotatable bonds is 3. The van der Waals surface area contributed by atoms with Crippen LogP contribution in [-0.2, 0) is 0 Å². The fraction of sp³-hybridized carbons (Fsp3) is 0.368. The molecule has 3 aromatic rings. The Morgan fingerprint density at radius 2 is 2.00 bits per heavy atom. The fourth-order valence-corrected chi connectivity index (χ4v) is 6.06. The lowest BCUT2D eigenvalue weighted by Crippen LogP contribution is -2.42. The van der Waals surface area contributed by atoms with Gasteiger partial charge in [0.2, 0.25) is 0 Å². The average molecular weight is 385 g/mol. The zero-order valence-corrected chi connectivity index (χ0v) is 15.9. The zero-order valence-electron chi connectivity index (χ0n) is 14.3. The van der Waals surface area contributed by atoms with E-state index in [1.807, 2.05) is 36.4 Å². The van der Waals surface area contributed by atoms with E-state index in [0.717, 1.165) is 57.6 Å². The number of anilines is 2. The standard InChI is InChI=1S/C19H20N4OS2/c24-18(23-13-6-7-14(23)11-20-9-8-13)16-10-15-17(25-16)22-19(26-15)21-12-4-2-1-3-5-12/h1-5,10,13-14,20H,6-9,11H2,(H,21,22). The van der Waals surface area contributed by atoms with E-state index in [1.165, 1.54) is 11.3 Å². The van der Waals surface area contributed by atoms with Crippen LogP contribution in [0.3, 0.4) is 0 Å². The second-order valence-electron chi connectivity index (χ2n) is 6.88. The summed E-state index contributed by atoms with van der Waals surface area (Å²) in [7, 11) is 0. The third kappa shape index (κ3) is 2.90. The van der Waals surface area contributed by atoms with Crippen LogP contribution in [0.4, 0.5) is 10.8 Å². The maximum atomic E-state index is 13.1. The van der Waals surface area contributed by atoms with Crippen molar-refractivity contribution in [2.45, 2.75) is 31.3 Å². The molecule has 1 aromatic carbocycles. The van der Waals surface area contributed by atoms with Gasteiger partial charge in [-0.2, -0.15) is 0 Å². The normalized spacial score (nSPS) is 22.5. The molecule has 7 heteroatoms. The van der Waals surface area contributed by atoms with E-state index >= 15 is 0 Å². The van der Waals surface area contributed by atoms with Gasteiger partial charge in [0.25, 0.3) is 5.91 Å². The van der Waals surface area contributed by atoms with E-state index in [2.05, 4.69) is 20.5 Å². The molecule has 2 aliphatic rings. The Morgan fingerprint density at radius 3 is 2.85 bits per heavy atom. The summed E-state index contributed by atoms with van der Waals surface area (Å²) in [6, 6.07) is 12.8. The predicted octanol–water partition coefficient (Wildman–Crippen LogP) is 4.07. The topological polar surface area (TPSA) is 57.3 Å². The van der Waals surface area contributed by atoms with Crippen LogP contribution < -0.4 is 10.6 Å². The second-order valence-corrected chi connectivity index (χ2v) is 8.94. The number of thiazole rings is 1. The quantitative estimate of drug-likeness (QED) is 0.715. The number of carbonyl (C=O) groups excluding carboxylic acids is 1. The first-order valence-electron chi connectivity index (χ1n) is 9.04. The molecule has 4 heterocycles. The minimum absolute atomic E-state index is 0.189. The highest BCUT2D eigenvalue weighted by Crippen LogP contribution is 2.37. The molecule has 0 spiro atoms. The van der Waals surface area contributed by atoms with Gasteiger partial charge in [-0.15, -0.1) is 11.3 Å². The molecule has 2 aliphatic heterocycles.